The highest BCUT2D eigenvalue weighted by atomic mass is 16.6. The fourth-order valence-electron chi connectivity index (χ4n) is 1.45. The Morgan fingerprint density at radius 3 is 2.56 bits per heavy atom. The van der Waals surface area contributed by atoms with E-state index in [1.165, 1.54) is 0 Å². The molecule has 0 bridgehead atoms. The second-order valence-electron chi connectivity index (χ2n) is 5.16. The third-order valence-corrected chi connectivity index (χ3v) is 2.50. The van der Waals surface area contributed by atoms with E-state index in [0.717, 1.165) is 6.42 Å². The smallest absolute Gasteiger partial charge is 0.407 e. The number of rotatable bonds is 8. The Kier molecular flexibility index (Phi) is 7.90. The summed E-state index contributed by atoms with van der Waals surface area (Å²) in [5.41, 5.74) is 4.70. The molecule has 0 aromatic rings. The van der Waals surface area contributed by atoms with Gasteiger partial charge in [0.25, 0.3) is 0 Å². The number of carbonyl (C=O) groups excluding carboxylic acids is 1. The van der Waals surface area contributed by atoms with Crippen molar-refractivity contribution in [1.82, 2.24) is 5.32 Å². The lowest BCUT2D eigenvalue weighted by Crippen LogP contribution is -2.37. The zero-order valence-corrected chi connectivity index (χ0v) is 11.5. The van der Waals surface area contributed by atoms with Crippen molar-refractivity contribution in [2.75, 3.05) is 13.1 Å². The molecule has 0 aliphatic carbocycles. The van der Waals surface area contributed by atoms with Crippen LogP contribution in [0.2, 0.25) is 0 Å². The summed E-state index contributed by atoms with van der Waals surface area (Å²) in [4.78, 5) is 11.4. The first-order valence-corrected chi connectivity index (χ1v) is 6.30. The van der Waals surface area contributed by atoms with Crippen LogP contribution in [0.25, 0.3) is 0 Å². The van der Waals surface area contributed by atoms with Crippen molar-refractivity contribution in [3.8, 4) is 0 Å². The van der Waals surface area contributed by atoms with Crippen molar-refractivity contribution in [2.24, 2.45) is 5.73 Å². The minimum Gasteiger partial charge on any atom is -0.444 e. The van der Waals surface area contributed by atoms with Gasteiger partial charge in [0.2, 0.25) is 0 Å². The van der Waals surface area contributed by atoms with Gasteiger partial charge in [0.05, 0.1) is 12.2 Å². The molecular weight excluding hydrogens is 236 g/mol. The SMILES string of the molecule is C[C@H](O)CNC(=O)OC(C)(C)CCC[C@H](O)CN. The minimum atomic E-state index is -0.600. The molecule has 6 nitrogen and oxygen atoms in total. The summed E-state index contributed by atoms with van der Waals surface area (Å²) in [7, 11) is 0. The molecule has 0 fully saturated rings. The molecule has 1 amide bonds. The van der Waals surface area contributed by atoms with E-state index in [1.807, 2.05) is 13.8 Å². The first-order chi connectivity index (χ1) is 8.26. The number of aliphatic hydroxyl groups excluding tert-OH is 2. The second kappa shape index (κ2) is 8.29. The molecule has 18 heavy (non-hydrogen) atoms. The average molecular weight is 262 g/mol. The van der Waals surface area contributed by atoms with E-state index in [-0.39, 0.29) is 13.1 Å². The molecule has 108 valence electrons. The van der Waals surface area contributed by atoms with Crippen LogP contribution in [0, 0.1) is 0 Å². The first-order valence-electron chi connectivity index (χ1n) is 6.30. The largest absolute Gasteiger partial charge is 0.444 e. The van der Waals surface area contributed by atoms with Gasteiger partial charge >= 0.3 is 6.09 Å². The van der Waals surface area contributed by atoms with Crippen LogP contribution in [0.4, 0.5) is 4.79 Å². The van der Waals surface area contributed by atoms with Gasteiger partial charge in [0.15, 0.2) is 0 Å². The number of hydrogen-bond acceptors (Lipinski definition) is 5. The van der Waals surface area contributed by atoms with Crippen molar-refractivity contribution in [2.45, 2.75) is 57.8 Å². The number of ether oxygens (including phenoxy) is 1. The normalized spacial score (nSPS) is 15.0. The minimum absolute atomic E-state index is 0.167. The van der Waals surface area contributed by atoms with Gasteiger partial charge in [0.1, 0.15) is 5.60 Å². The third kappa shape index (κ3) is 9.21. The molecular formula is C12H26N2O4. The number of amides is 1. The molecule has 0 saturated carbocycles. The van der Waals surface area contributed by atoms with Gasteiger partial charge in [-0.15, -0.1) is 0 Å². The van der Waals surface area contributed by atoms with Crippen molar-refractivity contribution in [3.05, 3.63) is 0 Å². The van der Waals surface area contributed by atoms with Crippen LogP contribution in [0.5, 0.6) is 0 Å². The van der Waals surface area contributed by atoms with Crippen molar-refractivity contribution >= 4 is 6.09 Å². The van der Waals surface area contributed by atoms with Crippen LogP contribution >= 0.6 is 0 Å². The van der Waals surface area contributed by atoms with E-state index in [4.69, 9.17) is 15.6 Å². The average Bonchev–Trinajstić information content (AvgIpc) is 2.25. The highest BCUT2D eigenvalue weighted by Gasteiger charge is 2.22. The van der Waals surface area contributed by atoms with Crippen LogP contribution in [-0.2, 0) is 4.74 Å². The Bertz CT molecular complexity index is 244. The summed E-state index contributed by atoms with van der Waals surface area (Å²) >= 11 is 0. The molecule has 0 rings (SSSR count). The van der Waals surface area contributed by atoms with Gasteiger partial charge in [-0.25, -0.2) is 4.79 Å². The summed E-state index contributed by atoms with van der Waals surface area (Å²) in [5.74, 6) is 0. The summed E-state index contributed by atoms with van der Waals surface area (Å²) in [6.07, 6.45) is 0.338. The van der Waals surface area contributed by atoms with E-state index in [0.29, 0.717) is 12.8 Å². The quantitative estimate of drug-likeness (QED) is 0.505. The molecule has 6 heteroatoms. The maximum Gasteiger partial charge on any atom is 0.407 e. The predicted molar refractivity (Wildman–Crippen MR) is 69.2 cm³/mol. The van der Waals surface area contributed by atoms with Crippen LogP contribution in [0.15, 0.2) is 0 Å². The Hall–Kier alpha value is -0.850. The third-order valence-electron chi connectivity index (χ3n) is 2.50. The Morgan fingerprint density at radius 1 is 1.44 bits per heavy atom. The first kappa shape index (κ1) is 17.2. The van der Waals surface area contributed by atoms with Gasteiger partial charge in [-0.3, -0.25) is 0 Å². The summed E-state index contributed by atoms with van der Waals surface area (Å²) in [6.45, 7) is 5.62. The Balaban J connectivity index is 3.87. The molecule has 5 N–H and O–H groups in total. The van der Waals surface area contributed by atoms with Crippen LogP contribution in [-0.4, -0.2) is 47.2 Å². The summed E-state index contributed by atoms with van der Waals surface area (Å²) in [6, 6.07) is 0. The number of nitrogens with one attached hydrogen (secondary N) is 1. The Labute approximate surface area is 109 Å². The van der Waals surface area contributed by atoms with E-state index >= 15 is 0 Å². The van der Waals surface area contributed by atoms with E-state index in [2.05, 4.69) is 5.32 Å². The molecule has 0 saturated heterocycles. The van der Waals surface area contributed by atoms with E-state index in [1.54, 1.807) is 6.92 Å². The van der Waals surface area contributed by atoms with Gasteiger partial charge in [0, 0.05) is 13.1 Å². The molecule has 0 radical (unpaired) electrons. The van der Waals surface area contributed by atoms with Gasteiger partial charge in [-0.1, -0.05) is 0 Å². The van der Waals surface area contributed by atoms with E-state index in [9.17, 15) is 9.90 Å². The van der Waals surface area contributed by atoms with Crippen molar-refractivity contribution in [1.29, 1.82) is 0 Å². The maximum atomic E-state index is 11.4. The van der Waals surface area contributed by atoms with E-state index < -0.39 is 23.9 Å². The molecule has 0 spiro atoms. The number of hydrogen-bond donors (Lipinski definition) is 4. The zero-order chi connectivity index (χ0) is 14.2. The monoisotopic (exact) mass is 262 g/mol. The summed E-state index contributed by atoms with van der Waals surface area (Å²) < 4.78 is 5.23. The zero-order valence-electron chi connectivity index (χ0n) is 11.5. The number of nitrogens with two attached hydrogens (primary N) is 1. The fourth-order valence-corrected chi connectivity index (χ4v) is 1.45. The summed E-state index contributed by atoms with van der Waals surface area (Å²) in [5, 5.41) is 20.8. The fraction of sp³-hybridized carbons (Fsp3) is 0.917. The lowest BCUT2D eigenvalue weighted by atomic mass is 10.00. The topological polar surface area (TPSA) is 105 Å². The highest BCUT2D eigenvalue weighted by Crippen LogP contribution is 2.18. The molecule has 0 aromatic heterocycles. The standard InChI is InChI=1S/C12H26N2O4/c1-9(15)8-14-11(17)18-12(2,3)6-4-5-10(16)7-13/h9-10,15-16H,4-8,13H2,1-3H3,(H,14,17)/t9-,10-/m0/s1. The lowest BCUT2D eigenvalue weighted by Gasteiger charge is -2.25. The van der Waals surface area contributed by atoms with Crippen LogP contribution in [0.3, 0.4) is 0 Å². The van der Waals surface area contributed by atoms with Gasteiger partial charge in [-0.2, -0.15) is 0 Å². The van der Waals surface area contributed by atoms with Crippen LogP contribution in [0.1, 0.15) is 40.0 Å². The number of carbonyl (C=O) groups is 1. The molecule has 0 heterocycles. The molecule has 0 aliphatic heterocycles. The van der Waals surface area contributed by atoms with Gasteiger partial charge < -0.3 is 26.0 Å². The molecule has 0 unspecified atom stereocenters. The number of aliphatic hydroxyl groups is 2. The second-order valence-corrected chi connectivity index (χ2v) is 5.16. The maximum absolute atomic E-state index is 11.4. The van der Waals surface area contributed by atoms with Crippen LogP contribution < -0.4 is 11.1 Å². The van der Waals surface area contributed by atoms with Gasteiger partial charge in [-0.05, 0) is 40.0 Å². The number of alkyl carbamates (subject to hydrolysis) is 1. The molecule has 0 aromatic carbocycles. The van der Waals surface area contributed by atoms with Crippen molar-refractivity contribution in [3.63, 3.8) is 0 Å². The highest BCUT2D eigenvalue weighted by molar-refractivity contribution is 5.67. The Morgan fingerprint density at radius 2 is 2.06 bits per heavy atom. The lowest BCUT2D eigenvalue weighted by molar-refractivity contribution is 0.0264. The molecule has 2 atom stereocenters. The predicted octanol–water partition coefficient (Wildman–Crippen LogP) is 0.362. The van der Waals surface area contributed by atoms with Crippen molar-refractivity contribution < 1.29 is 19.7 Å². The molecule has 0 aliphatic rings.